The first kappa shape index (κ1) is 35.0. The van der Waals surface area contributed by atoms with Crippen LogP contribution in [0, 0.1) is 0 Å². The van der Waals surface area contributed by atoms with Crippen molar-refractivity contribution in [1.82, 2.24) is 16.1 Å². The molecule has 2 amide bonds. The number of ether oxygens (including phenoxy) is 5. The van der Waals surface area contributed by atoms with Crippen molar-refractivity contribution in [2.75, 3.05) is 27.4 Å². The number of aliphatic hydroxyl groups excluding tert-OH is 1. The molecule has 5 rings (SSSR count). The van der Waals surface area contributed by atoms with Gasteiger partial charge in [0.25, 0.3) is 0 Å². The molecule has 0 unspecified atom stereocenters. The highest BCUT2D eigenvalue weighted by molar-refractivity contribution is 9.10. The van der Waals surface area contributed by atoms with Gasteiger partial charge in [0.1, 0.15) is 13.2 Å². The highest BCUT2D eigenvalue weighted by Crippen LogP contribution is 2.38. The number of halogens is 1. The number of esters is 1. The molecule has 0 aliphatic carbocycles. The van der Waals surface area contributed by atoms with E-state index in [-0.39, 0.29) is 12.2 Å². The number of hydrazone groups is 1. The van der Waals surface area contributed by atoms with Crippen LogP contribution in [0.3, 0.4) is 0 Å². The molecule has 0 radical (unpaired) electrons. The summed E-state index contributed by atoms with van der Waals surface area (Å²) in [5.74, 6) is 1.21. The molecule has 1 heterocycles. The third-order valence-corrected chi connectivity index (χ3v) is 8.20. The van der Waals surface area contributed by atoms with E-state index < -0.39 is 24.3 Å². The van der Waals surface area contributed by atoms with Crippen molar-refractivity contribution in [3.05, 3.63) is 105 Å². The van der Waals surface area contributed by atoms with E-state index in [1.165, 1.54) is 13.3 Å². The third-order valence-electron chi connectivity index (χ3n) is 7.61. The number of aliphatic hydroxyl groups is 1. The number of carbonyl (C=O) groups is 2. The lowest BCUT2D eigenvalue weighted by atomic mass is 9.95. The number of nitrogens with one attached hydrogen (secondary N) is 3. The third kappa shape index (κ3) is 8.42. The molecule has 4 aromatic rings. The number of allylic oxidation sites excluding steroid dienone is 1. The van der Waals surface area contributed by atoms with Gasteiger partial charge in [0, 0.05) is 5.70 Å². The Morgan fingerprint density at radius 2 is 1.82 bits per heavy atom. The Bertz CT molecular complexity index is 1890. The largest absolute Gasteiger partial charge is 0.493 e. The van der Waals surface area contributed by atoms with Crippen molar-refractivity contribution in [2.45, 2.75) is 32.7 Å². The molecule has 0 bridgehead atoms. The maximum absolute atomic E-state index is 12.5. The fraction of sp³-hybridized carbons (Fsp3) is 0.250. The minimum Gasteiger partial charge on any atom is -0.493 e. The average Bonchev–Trinajstić information content (AvgIpc) is 3.10. The predicted molar refractivity (Wildman–Crippen MR) is 188 cm³/mol. The minimum atomic E-state index is -1.17. The van der Waals surface area contributed by atoms with Gasteiger partial charge in [-0.15, -0.1) is 0 Å². The Morgan fingerprint density at radius 1 is 1.02 bits per heavy atom. The zero-order chi connectivity index (χ0) is 34.9. The fourth-order valence-corrected chi connectivity index (χ4v) is 5.92. The van der Waals surface area contributed by atoms with Gasteiger partial charge in [-0.05, 0) is 81.5 Å². The van der Waals surface area contributed by atoms with Crippen LogP contribution in [0.15, 0.2) is 93.6 Å². The Balaban J connectivity index is 1.21. The predicted octanol–water partition coefficient (Wildman–Crippen LogP) is 5.71. The second kappa shape index (κ2) is 16.2. The number of amides is 2. The van der Waals surface area contributed by atoms with Gasteiger partial charge < -0.3 is 39.4 Å². The summed E-state index contributed by atoms with van der Waals surface area (Å²) in [6.45, 7) is 3.96. The van der Waals surface area contributed by atoms with E-state index in [0.717, 1.165) is 16.3 Å². The lowest BCUT2D eigenvalue weighted by Crippen LogP contribution is -2.45. The van der Waals surface area contributed by atoms with Gasteiger partial charge in [-0.2, -0.15) is 5.10 Å². The Hall–Kier alpha value is -5.27. The van der Waals surface area contributed by atoms with Crippen LogP contribution in [-0.4, -0.2) is 57.0 Å². The van der Waals surface area contributed by atoms with Crippen molar-refractivity contribution in [3.63, 3.8) is 0 Å². The van der Waals surface area contributed by atoms with Gasteiger partial charge in [0.15, 0.2) is 29.2 Å². The topological polar surface area (TPSA) is 149 Å². The molecule has 0 fully saturated rings. The van der Waals surface area contributed by atoms with Crippen molar-refractivity contribution in [2.24, 2.45) is 5.10 Å². The molecular formula is C36H37BrN4O8. The Kier molecular flexibility index (Phi) is 11.6. The number of fused-ring (bicyclic) bond motifs is 1. The SMILES string of the molecule is CCOc1cc([C@H]2NC(=O)NC(C)=C2C(=O)OC)ccc1OC[C@H](O)N/N=C/c1cc(Br)c(OCc2cccc3ccccc23)c(OC)c1. The first-order valence-electron chi connectivity index (χ1n) is 15.4. The molecule has 0 aromatic heterocycles. The Morgan fingerprint density at radius 3 is 2.59 bits per heavy atom. The van der Waals surface area contributed by atoms with E-state index in [9.17, 15) is 14.7 Å². The monoisotopic (exact) mass is 732 g/mol. The van der Waals surface area contributed by atoms with Crippen LogP contribution in [0.2, 0.25) is 0 Å². The van der Waals surface area contributed by atoms with Crippen LogP contribution in [0.1, 0.15) is 36.6 Å². The second-order valence-corrected chi connectivity index (χ2v) is 11.7. The van der Waals surface area contributed by atoms with Crippen LogP contribution in [-0.2, 0) is 16.1 Å². The quantitative estimate of drug-likeness (QED) is 0.0554. The number of nitrogens with zero attached hydrogens (tertiary/aromatic N) is 1. The van der Waals surface area contributed by atoms with Crippen molar-refractivity contribution < 1.29 is 38.4 Å². The van der Waals surface area contributed by atoms with E-state index >= 15 is 0 Å². The lowest BCUT2D eigenvalue weighted by Gasteiger charge is -2.28. The van der Waals surface area contributed by atoms with Crippen LogP contribution in [0.4, 0.5) is 4.79 Å². The highest BCUT2D eigenvalue weighted by atomic mass is 79.9. The van der Waals surface area contributed by atoms with E-state index in [0.29, 0.717) is 57.5 Å². The fourth-order valence-electron chi connectivity index (χ4n) is 5.34. The van der Waals surface area contributed by atoms with Crippen LogP contribution in [0.25, 0.3) is 10.8 Å². The van der Waals surface area contributed by atoms with Crippen molar-refractivity contribution in [1.29, 1.82) is 0 Å². The van der Waals surface area contributed by atoms with Crippen LogP contribution >= 0.6 is 15.9 Å². The summed E-state index contributed by atoms with van der Waals surface area (Å²) >= 11 is 3.59. The van der Waals surface area contributed by atoms with E-state index in [4.69, 9.17) is 23.7 Å². The standard InChI is InChI=1S/C36H37BrN4O8/c1-5-47-29-17-24(33-32(35(43)46-4)21(2)39-36(44)40-33)13-14-28(29)48-20-31(42)41-38-18-22-15-27(37)34(30(16-22)45-3)49-19-25-11-8-10-23-9-6-7-12-26(23)25/h6-18,31,33,41-42H,5,19-20H2,1-4H3,(H2,39,40,44)/b38-18+/t31-,33+/m0/s1. The molecule has 49 heavy (non-hydrogen) atoms. The van der Waals surface area contributed by atoms with Gasteiger partial charge in [-0.25, -0.2) is 9.59 Å². The second-order valence-electron chi connectivity index (χ2n) is 10.9. The smallest absolute Gasteiger partial charge is 0.337 e. The number of carbonyl (C=O) groups excluding carboxylic acids is 2. The first-order chi connectivity index (χ1) is 23.7. The van der Waals surface area contributed by atoms with Gasteiger partial charge in [0.05, 0.1) is 43.1 Å². The molecule has 0 saturated heterocycles. The summed E-state index contributed by atoms with van der Waals surface area (Å²) in [6, 6.07) is 21.7. The maximum Gasteiger partial charge on any atom is 0.337 e. The van der Waals surface area contributed by atoms with Crippen molar-refractivity contribution in [3.8, 4) is 23.0 Å². The minimum absolute atomic E-state index is 0.165. The number of urea groups is 1. The average molecular weight is 734 g/mol. The van der Waals surface area contributed by atoms with Crippen molar-refractivity contribution >= 4 is 44.9 Å². The summed E-state index contributed by atoms with van der Waals surface area (Å²) < 4.78 is 29.0. The molecule has 12 nitrogen and oxygen atoms in total. The molecule has 1 aliphatic rings. The van der Waals surface area contributed by atoms with Gasteiger partial charge in [-0.1, -0.05) is 48.5 Å². The zero-order valence-corrected chi connectivity index (χ0v) is 29.0. The number of benzene rings is 4. The highest BCUT2D eigenvalue weighted by Gasteiger charge is 2.32. The van der Waals surface area contributed by atoms with E-state index in [1.807, 2.05) is 37.3 Å². The first-order valence-corrected chi connectivity index (χ1v) is 16.2. The molecule has 4 aromatic carbocycles. The summed E-state index contributed by atoms with van der Waals surface area (Å²) in [4.78, 5) is 24.7. The summed E-state index contributed by atoms with van der Waals surface area (Å²) in [6.07, 6.45) is 0.367. The van der Waals surface area contributed by atoms with Gasteiger partial charge in [-0.3, -0.25) is 5.43 Å². The van der Waals surface area contributed by atoms with Gasteiger partial charge in [0.2, 0.25) is 0 Å². The zero-order valence-electron chi connectivity index (χ0n) is 27.4. The maximum atomic E-state index is 12.5. The molecule has 256 valence electrons. The molecule has 1 aliphatic heterocycles. The molecular weight excluding hydrogens is 696 g/mol. The van der Waals surface area contributed by atoms with Crippen LogP contribution in [0.5, 0.6) is 23.0 Å². The molecule has 13 heteroatoms. The van der Waals surface area contributed by atoms with E-state index in [2.05, 4.69) is 55.3 Å². The summed E-state index contributed by atoms with van der Waals surface area (Å²) in [5, 5.41) is 22.3. The van der Waals surface area contributed by atoms with Crippen LogP contribution < -0.4 is 35.0 Å². The number of rotatable bonds is 14. The van der Waals surface area contributed by atoms with Gasteiger partial charge >= 0.3 is 12.0 Å². The molecule has 0 spiro atoms. The Labute approximate surface area is 292 Å². The molecule has 0 saturated carbocycles. The molecule has 4 N–H and O–H groups in total. The molecule has 2 atom stereocenters. The summed E-state index contributed by atoms with van der Waals surface area (Å²) in [7, 11) is 2.84. The number of hydrogen-bond acceptors (Lipinski definition) is 10. The number of hydrogen-bond donors (Lipinski definition) is 4. The van der Waals surface area contributed by atoms with E-state index in [1.54, 1.807) is 38.3 Å². The number of methoxy groups -OCH3 is 2. The lowest BCUT2D eigenvalue weighted by molar-refractivity contribution is -0.136. The normalized spacial score (nSPS) is 15.0. The summed E-state index contributed by atoms with van der Waals surface area (Å²) in [5.41, 5.74) is 5.63.